The lowest BCUT2D eigenvalue weighted by Crippen LogP contribution is -2.47. The lowest BCUT2D eigenvalue weighted by atomic mass is 10.2. The van der Waals surface area contributed by atoms with Crippen molar-refractivity contribution in [2.75, 3.05) is 44.7 Å². The maximum absolute atomic E-state index is 13.4. The number of hydrogen-bond acceptors (Lipinski definition) is 6. The summed E-state index contributed by atoms with van der Waals surface area (Å²) in [5.74, 6) is 0.223. The first-order valence-electron chi connectivity index (χ1n) is 8.96. The van der Waals surface area contributed by atoms with Crippen LogP contribution in [0.2, 0.25) is 0 Å². The number of hydrogen-bond donors (Lipinski definition) is 1. The number of piperazine rings is 1. The molecule has 1 fully saturated rings. The van der Waals surface area contributed by atoms with Gasteiger partial charge in [-0.25, -0.2) is 14.3 Å². The number of rotatable bonds is 6. The molecular weight excluding hydrogens is 353 g/mol. The van der Waals surface area contributed by atoms with E-state index in [4.69, 9.17) is 4.74 Å². The molecule has 3 rings (SSSR count). The number of ether oxygens (including phenoxy) is 1. The van der Waals surface area contributed by atoms with Gasteiger partial charge in [0.05, 0.1) is 12.8 Å². The van der Waals surface area contributed by atoms with E-state index in [1.54, 1.807) is 20.1 Å². The summed E-state index contributed by atoms with van der Waals surface area (Å²) in [6.45, 7) is 6.04. The van der Waals surface area contributed by atoms with E-state index in [2.05, 4.69) is 20.0 Å². The minimum atomic E-state index is -0.473. The van der Waals surface area contributed by atoms with Crippen LogP contribution < -0.4 is 20.9 Å². The highest BCUT2D eigenvalue weighted by molar-refractivity contribution is 5.58. The standard InChI is InChI=1S/C18H24FN5O3/c1-13-17(25)24(18(26)21-20-13)7-3-6-22-8-10-23(11-9-22)15-5-4-14(19)12-16(15)27-2/h4-5,12H,3,6-11H2,1-2H3,(H,21,26). The van der Waals surface area contributed by atoms with Crippen molar-refractivity contribution in [3.05, 3.63) is 50.5 Å². The number of anilines is 1. The van der Waals surface area contributed by atoms with Crippen molar-refractivity contribution in [2.45, 2.75) is 19.9 Å². The van der Waals surface area contributed by atoms with Crippen LogP contribution in [-0.2, 0) is 6.54 Å². The highest BCUT2D eigenvalue weighted by Crippen LogP contribution is 2.29. The van der Waals surface area contributed by atoms with Crippen molar-refractivity contribution in [2.24, 2.45) is 0 Å². The van der Waals surface area contributed by atoms with Gasteiger partial charge < -0.3 is 9.64 Å². The molecule has 27 heavy (non-hydrogen) atoms. The van der Waals surface area contributed by atoms with E-state index >= 15 is 0 Å². The average molecular weight is 377 g/mol. The Bertz CT molecular complexity index is 903. The number of aromatic amines is 1. The fourth-order valence-corrected chi connectivity index (χ4v) is 3.31. The summed E-state index contributed by atoms with van der Waals surface area (Å²) < 4.78 is 19.8. The van der Waals surface area contributed by atoms with Crippen LogP contribution in [0, 0.1) is 12.7 Å². The monoisotopic (exact) mass is 377 g/mol. The zero-order valence-electron chi connectivity index (χ0n) is 15.6. The Morgan fingerprint density at radius 3 is 2.63 bits per heavy atom. The molecule has 2 heterocycles. The first-order valence-corrected chi connectivity index (χ1v) is 8.96. The summed E-state index contributed by atoms with van der Waals surface area (Å²) in [6, 6.07) is 4.58. The first kappa shape index (κ1) is 19.1. The Hall–Kier alpha value is -2.68. The van der Waals surface area contributed by atoms with E-state index in [9.17, 15) is 14.0 Å². The molecule has 1 aliphatic rings. The van der Waals surface area contributed by atoms with Crippen LogP contribution in [0.1, 0.15) is 12.1 Å². The van der Waals surface area contributed by atoms with Gasteiger partial charge >= 0.3 is 5.69 Å². The molecule has 0 saturated carbocycles. The van der Waals surface area contributed by atoms with Crippen LogP contribution in [0.5, 0.6) is 5.75 Å². The second kappa shape index (κ2) is 8.34. The van der Waals surface area contributed by atoms with E-state index in [0.29, 0.717) is 18.7 Å². The van der Waals surface area contributed by atoms with Crippen molar-refractivity contribution in [1.82, 2.24) is 19.7 Å². The SMILES string of the molecule is COc1cc(F)ccc1N1CCN(CCCn2c(=O)[nH]nc(C)c2=O)CC1. The number of benzene rings is 1. The lowest BCUT2D eigenvalue weighted by molar-refractivity contribution is 0.248. The van der Waals surface area contributed by atoms with E-state index in [-0.39, 0.29) is 17.1 Å². The Balaban J connectivity index is 1.53. The van der Waals surface area contributed by atoms with Gasteiger partial charge in [0.25, 0.3) is 5.56 Å². The van der Waals surface area contributed by atoms with Gasteiger partial charge in [-0.15, -0.1) is 0 Å². The summed E-state index contributed by atoms with van der Waals surface area (Å²) in [4.78, 5) is 28.2. The molecule has 0 unspecified atom stereocenters. The average Bonchev–Trinajstić information content (AvgIpc) is 2.68. The molecular formula is C18H24FN5O3. The third-order valence-electron chi connectivity index (χ3n) is 4.83. The van der Waals surface area contributed by atoms with Crippen LogP contribution in [0.3, 0.4) is 0 Å². The van der Waals surface area contributed by atoms with Gasteiger partial charge in [-0.3, -0.25) is 14.3 Å². The molecule has 1 saturated heterocycles. The van der Waals surface area contributed by atoms with Crippen LogP contribution in [0.4, 0.5) is 10.1 Å². The summed E-state index contributed by atoms with van der Waals surface area (Å²) >= 11 is 0. The molecule has 1 aromatic heterocycles. The molecule has 9 heteroatoms. The second-order valence-corrected chi connectivity index (χ2v) is 6.57. The third-order valence-corrected chi connectivity index (χ3v) is 4.83. The molecule has 2 aromatic rings. The predicted molar refractivity (Wildman–Crippen MR) is 100 cm³/mol. The van der Waals surface area contributed by atoms with E-state index < -0.39 is 5.69 Å². The first-order chi connectivity index (χ1) is 13.0. The van der Waals surface area contributed by atoms with E-state index in [1.807, 2.05) is 0 Å². The molecule has 1 N–H and O–H groups in total. The minimum Gasteiger partial charge on any atom is -0.494 e. The number of aromatic nitrogens is 3. The summed E-state index contributed by atoms with van der Waals surface area (Å²) in [5, 5.41) is 6.01. The normalized spacial score (nSPS) is 15.1. The number of H-pyrrole nitrogens is 1. The van der Waals surface area contributed by atoms with Crippen molar-refractivity contribution >= 4 is 5.69 Å². The molecule has 0 amide bonds. The maximum Gasteiger partial charge on any atom is 0.344 e. The molecule has 0 bridgehead atoms. The van der Waals surface area contributed by atoms with Crippen molar-refractivity contribution in [3.63, 3.8) is 0 Å². The Morgan fingerprint density at radius 1 is 1.19 bits per heavy atom. The smallest absolute Gasteiger partial charge is 0.344 e. The number of aryl methyl sites for hydroxylation is 1. The van der Waals surface area contributed by atoms with Gasteiger partial charge in [0.15, 0.2) is 0 Å². The summed E-state index contributed by atoms with van der Waals surface area (Å²) in [7, 11) is 1.54. The molecule has 0 atom stereocenters. The summed E-state index contributed by atoms with van der Waals surface area (Å²) in [5.41, 5.74) is 0.367. The van der Waals surface area contributed by atoms with Gasteiger partial charge in [-0.2, -0.15) is 5.10 Å². The van der Waals surface area contributed by atoms with Crippen LogP contribution >= 0.6 is 0 Å². The third kappa shape index (κ3) is 4.36. The van der Waals surface area contributed by atoms with Crippen molar-refractivity contribution in [3.8, 4) is 5.75 Å². The molecule has 1 aromatic carbocycles. The highest BCUT2D eigenvalue weighted by Gasteiger charge is 2.20. The quantitative estimate of drug-likeness (QED) is 0.794. The van der Waals surface area contributed by atoms with Crippen molar-refractivity contribution in [1.29, 1.82) is 0 Å². The Morgan fingerprint density at radius 2 is 1.93 bits per heavy atom. The molecule has 0 spiro atoms. The molecule has 8 nitrogen and oxygen atoms in total. The van der Waals surface area contributed by atoms with Gasteiger partial charge in [-0.1, -0.05) is 0 Å². The molecule has 0 aliphatic carbocycles. The molecule has 0 radical (unpaired) electrons. The lowest BCUT2D eigenvalue weighted by Gasteiger charge is -2.36. The van der Waals surface area contributed by atoms with Crippen LogP contribution in [-0.4, -0.2) is 59.5 Å². The van der Waals surface area contributed by atoms with Gasteiger partial charge in [-0.05, 0) is 32.0 Å². The van der Waals surface area contributed by atoms with Crippen LogP contribution in [0.25, 0.3) is 0 Å². The highest BCUT2D eigenvalue weighted by atomic mass is 19.1. The second-order valence-electron chi connectivity index (χ2n) is 6.57. The molecule has 146 valence electrons. The van der Waals surface area contributed by atoms with E-state index in [0.717, 1.165) is 38.4 Å². The number of nitrogens with one attached hydrogen (secondary N) is 1. The number of nitrogens with zero attached hydrogens (tertiary/aromatic N) is 4. The van der Waals surface area contributed by atoms with E-state index in [1.165, 1.54) is 16.7 Å². The fraction of sp³-hybridized carbons (Fsp3) is 0.500. The topological polar surface area (TPSA) is 83.5 Å². The van der Waals surface area contributed by atoms with Gasteiger partial charge in [0.2, 0.25) is 0 Å². The maximum atomic E-state index is 13.4. The number of halogens is 1. The zero-order chi connectivity index (χ0) is 19.4. The fourth-order valence-electron chi connectivity index (χ4n) is 3.31. The predicted octanol–water partition coefficient (Wildman–Crippen LogP) is 0.600. The van der Waals surface area contributed by atoms with Crippen LogP contribution in [0.15, 0.2) is 27.8 Å². The minimum absolute atomic E-state index is 0.288. The Kier molecular flexibility index (Phi) is 5.90. The van der Waals surface area contributed by atoms with Gasteiger partial charge in [0, 0.05) is 38.8 Å². The number of methoxy groups -OCH3 is 1. The van der Waals surface area contributed by atoms with Crippen molar-refractivity contribution < 1.29 is 9.13 Å². The zero-order valence-corrected chi connectivity index (χ0v) is 15.6. The Labute approximate surface area is 156 Å². The van der Waals surface area contributed by atoms with Gasteiger partial charge in [0.1, 0.15) is 17.3 Å². The largest absolute Gasteiger partial charge is 0.494 e. The summed E-state index contributed by atoms with van der Waals surface area (Å²) in [6.07, 6.45) is 0.701. The molecule has 1 aliphatic heterocycles.